The van der Waals surface area contributed by atoms with Crippen LogP contribution in [-0.2, 0) is 14.3 Å². The third-order valence-electron chi connectivity index (χ3n) is 3.12. The van der Waals surface area contributed by atoms with E-state index in [0.717, 1.165) is 0 Å². The number of hydrogen-bond donors (Lipinski definition) is 1. The lowest BCUT2D eigenvalue weighted by molar-refractivity contribution is -0.325. The molecule has 1 saturated heterocycles. The van der Waals surface area contributed by atoms with Crippen LogP contribution >= 0.6 is 0 Å². The van der Waals surface area contributed by atoms with Gasteiger partial charge in [0, 0.05) is 6.54 Å². The number of piperazine rings is 1. The van der Waals surface area contributed by atoms with E-state index in [-0.39, 0.29) is 24.9 Å². The second-order valence-corrected chi connectivity index (χ2v) is 4.43. The lowest BCUT2D eigenvalue weighted by Crippen LogP contribution is -2.61. The minimum absolute atomic E-state index is 0.130. The van der Waals surface area contributed by atoms with E-state index in [4.69, 9.17) is 0 Å². The number of halogens is 3. The minimum Gasteiger partial charge on any atom is -0.345 e. The Balaban J connectivity index is 2.68. The van der Waals surface area contributed by atoms with Gasteiger partial charge in [-0.15, -0.1) is 13.2 Å². The average molecular weight is 282 g/mol. The predicted molar refractivity (Wildman–Crippen MR) is 60.0 cm³/mol. The zero-order valence-corrected chi connectivity index (χ0v) is 10.8. The van der Waals surface area contributed by atoms with Gasteiger partial charge in [0.2, 0.25) is 11.8 Å². The Bertz CT molecular complexity index is 347. The van der Waals surface area contributed by atoms with Gasteiger partial charge in [-0.05, 0) is 5.92 Å². The first kappa shape index (κ1) is 15.7. The Kier molecular flexibility index (Phi) is 5.16. The Hall–Kier alpha value is -1.31. The van der Waals surface area contributed by atoms with Gasteiger partial charge in [0.15, 0.2) is 0 Å². The molecule has 1 heterocycles. The van der Waals surface area contributed by atoms with Gasteiger partial charge in [-0.25, -0.2) is 0 Å². The van der Waals surface area contributed by atoms with Crippen molar-refractivity contribution in [2.24, 2.45) is 5.92 Å². The van der Waals surface area contributed by atoms with Crippen molar-refractivity contribution in [2.75, 3.05) is 19.7 Å². The quantitative estimate of drug-likeness (QED) is 0.815. The standard InChI is InChI=1S/C11H17F3N2O3/c1-3-7(2)9-10(18)15-6-8(17)16(9)4-5-19-11(12,13)14/h7,9H,3-6H2,1-2H3,(H,15,18). The molecular formula is C11H17F3N2O3. The van der Waals surface area contributed by atoms with Crippen LogP contribution in [0.5, 0.6) is 0 Å². The van der Waals surface area contributed by atoms with Crippen molar-refractivity contribution in [1.82, 2.24) is 10.2 Å². The predicted octanol–water partition coefficient (Wildman–Crippen LogP) is 0.896. The minimum atomic E-state index is -4.73. The SMILES string of the molecule is CCC(C)C1C(=O)NCC(=O)N1CCOC(F)(F)F. The average Bonchev–Trinajstić information content (AvgIpc) is 2.31. The second kappa shape index (κ2) is 6.23. The molecule has 0 saturated carbocycles. The number of carbonyl (C=O) groups excluding carboxylic acids is 2. The molecule has 0 bridgehead atoms. The number of nitrogens with one attached hydrogen (secondary N) is 1. The Morgan fingerprint density at radius 1 is 1.47 bits per heavy atom. The van der Waals surface area contributed by atoms with Crippen molar-refractivity contribution in [3.05, 3.63) is 0 Å². The summed E-state index contributed by atoms with van der Waals surface area (Å²) in [6.45, 7) is 2.52. The normalized spacial score (nSPS) is 22.4. The van der Waals surface area contributed by atoms with Crippen LogP contribution in [0.2, 0.25) is 0 Å². The lowest BCUT2D eigenvalue weighted by Gasteiger charge is -2.37. The lowest BCUT2D eigenvalue weighted by atomic mass is 9.95. The molecule has 0 radical (unpaired) electrons. The first-order valence-electron chi connectivity index (χ1n) is 6.04. The Morgan fingerprint density at radius 2 is 2.11 bits per heavy atom. The summed E-state index contributed by atoms with van der Waals surface area (Å²) in [5.41, 5.74) is 0. The molecule has 1 N–H and O–H groups in total. The number of hydrogen-bond acceptors (Lipinski definition) is 3. The molecule has 2 unspecified atom stereocenters. The van der Waals surface area contributed by atoms with E-state index in [1.54, 1.807) is 6.92 Å². The van der Waals surface area contributed by atoms with E-state index < -0.39 is 24.9 Å². The highest BCUT2D eigenvalue weighted by molar-refractivity contribution is 5.95. The molecule has 0 aromatic heterocycles. The highest BCUT2D eigenvalue weighted by Gasteiger charge is 2.38. The van der Waals surface area contributed by atoms with E-state index in [1.165, 1.54) is 4.90 Å². The summed E-state index contributed by atoms with van der Waals surface area (Å²) in [4.78, 5) is 24.6. The Morgan fingerprint density at radius 3 is 2.63 bits per heavy atom. The van der Waals surface area contributed by atoms with Crippen LogP contribution in [0, 0.1) is 5.92 Å². The zero-order chi connectivity index (χ0) is 14.6. The maximum Gasteiger partial charge on any atom is 0.522 e. The van der Waals surface area contributed by atoms with Crippen LogP contribution in [0.15, 0.2) is 0 Å². The molecule has 2 amide bonds. The molecule has 110 valence electrons. The summed E-state index contributed by atoms with van der Waals surface area (Å²) in [6.07, 6.45) is -4.09. The first-order chi connectivity index (χ1) is 8.76. The molecule has 1 fully saturated rings. The fourth-order valence-corrected chi connectivity index (χ4v) is 1.98. The molecule has 0 spiro atoms. The monoisotopic (exact) mass is 282 g/mol. The van der Waals surface area contributed by atoms with E-state index in [0.29, 0.717) is 6.42 Å². The van der Waals surface area contributed by atoms with Crippen molar-refractivity contribution in [3.8, 4) is 0 Å². The van der Waals surface area contributed by atoms with Gasteiger partial charge in [-0.1, -0.05) is 20.3 Å². The van der Waals surface area contributed by atoms with Gasteiger partial charge in [-0.2, -0.15) is 0 Å². The van der Waals surface area contributed by atoms with E-state index in [2.05, 4.69) is 10.1 Å². The van der Waals surface area contributed by atoms with Gasteiger partial charge < -0.3 is 10.2 Å². The first-order valence-corrected chi connectivity index (χ1v) is 6.04. The van der Waals surface area contributed by atoms with Gasteiger partial charge in [0.1, 0.15) is 6.04 Å². The molecule has 5 nitrogen and oxygen atoms in total. The topological polar surface area (TPSA) is 58.6 Å². The van der Waals surface area contributed by atoms with Crippen molar-refractivity contribution in [3.63, 3.8) is 0 Å². The molecule has 1 aliphatic rings. The number of ether oxygens (including phenoxy) is 1. The number of carbonyl (C=O) groups is 2. The van der Waals surface area contributed by atoms with E-state index in [9.17, 15) is 22.8 Å². The maximum absolute atomic E-state index is 11.9. The Labute approximate surface area is 109 Å². The number of amides is 2. The summed E-state index contributed by atoms with van der Waals surface area (Å²) >= 11 is 0. The summed E-state index contributed by atoms with van der Waals surface area (Å²) in [5.74, 6) is -0.855. The van der Waals surface area contributed by atoms with Crippen molar-refractivity contribution < 1.29 is 27.5 Å². The third kappa shape index (κ3) is 4.38. The van der Waals surface area contributed by atoms with Gasteiger partial charge in [0.05, 0.1) is 13.2 Å². The molecule has 8 heteroatoms. The molecular weight excluding hydrogens is 265 g/mol. The fraction of sp³-hybridized carbons (Fsp3) is 0.818. The van der Waals surface area contributed by atoms with Crippen LogP contribution in [0.4, 0.5) is 13.2 Å². The second-order valence-electron chi connectivity index (χ2n) is 4.43. The summed E-state index contributed by atoms with van der Waals surface area (Å²) < 4.78 is 39.4. The van der Waals surface area contributed by atoms with Crippen molar-refractivity contribution in [1.29, 1.82) is 0 Å². The van der Waals surface area contributed by atoms with Crippen LogP contribution < -0.4 is 5.32 Å². The molecule has 0 aromatic carbocycles. The summed E-state index contributed by atoms with van der Waals surface area (Å²) in [5, 5.41) is 2.44. The molecule has 2 atom stereocenters. The van der Waals surface area contributed by atoms with Crippen molar-refractivity contribution >= 4 is 11.8 Å². The van der Waals surface area contributed by atoms with E-state index >= 15 is 0 Å². The third-order valence-corrected chi connectivity index (χ3v) is 3.12. The van der Waals surface area contributed by atoms with Gasteiger partial charge in [-0.3, -0.25) is 14.3 Å². The molecule has 1 rings (SSSR count). The summed E-state index contributed by atoms with van der Waals surface area (Å²) in [7, 11) is 0. The fourth-order valence-electron chi connectivity index (χ4n) is 1.98. The molecule has 1 aliphatic heterocycles. The van der Waals surface area contributed by atoms with E-state index in [1.807, 2.05) is 6.92 Å². The summed E-state index contributed by atoms with van der Waals surface area (Å²) in [6, 6.07) is -0.733. The van der Waals surface area contributed by atoms with Gasteiger partial charge >= 0.3 is 6.36 Å². The van der Waals surface area contributed by atoms with Crippen LogP contribution in [0.25, 0.3) is 0 Å². The number of rotatable bonds is 5. The smallest absolute Gasteiger partial charge is 0.345 e. The molecule has 0 aliphatic carbocycles. The van der Waals surface area contributed by atoms with Crippen LogP contribution in [-0.4, -0.2) is 48.8 Å². The zero-order valence-electron chi connectivity index (χ0n) is 10.8. The number of nitrogens with zero attached hydrogens (tertiary/aromatic N) is 1. The number of alkyl halides is 3. The van der Waals surface area contributed by atoms with Crippen LogP contribution in [0.3, 0.4) is 0 Å². The molecule has 19 heavy (non-hydrogen) atoms. The highest BCUT2D eigenvalue weighted by Crippen LogP contribution is 2.19. The van der Waals surface area contributed by atoms with Crippen molar-refractivity contribution in [2.45, 2.75) is 32.7 Å². The maximum atomic E-state index is 11.9. The highest BCUT2D eigenvalue weighted by atomic mass is 19.4. The van der Waals surface area contributed by atoms with Gasteiger partial charge in [0.25, 0.3) is 0 Å². The largest absolute Gasteiger partial charge is 0.522 e. The van der Waals surface area contributed by atoms with Crippen LogP contribution in [0.1, 0.15) is 20.3 Å². The molecule has 0 aromatic rings.